The maximum Gasteiger partial charge on any atom is 0.328 e. The molecule has 0 N–H and O–H groups in total. The number of rotatable bonds is 3. The van der Waals surface area contributed by atoms with Gasteiger partial charge in [-0.15, -0.1) is 5.11 Å². The number of azo groups is 1. The summed E-state index contributed by atoms with van der Waals surface area (Å²) in [6.45, 7) is 1.87. The average molecular weight is 376 g/mol. The minimum absolute atomic E-state index is 0.122. The van der Waals surface area contributed by atoms with Crippen LogP contribution in [0, 0.1) is 0 Å². The number of furan rings is 1. The molecule has 0 fully saturated rings. The summed E-state index contributed by atoms with van der Waals surface area (Å²) in [5.74, 6) is 0.598. The Balaban J connectivity index is 1.73. The van der Waals surface area contributed by atoms with Crippen LogP contribution in [-0.2, 0) is 0 Å². The first-order valence-electron chi connectivity index (χ1n) is 8.79. The molecule has 0 atom stereocenters. The standard InChI is InChI=1S/C21H20N4O3/c1-13-9-14(25(3)21(26)24(13)2)12-22-23-17-11-19-16(10-20(17)27-4)15-7-5-6-8-18(15)28-19/h5-12H,1-4H3. The first kappa shape index (κ1) is 17.8. The lowest BCUT2D eigenvalue weighted by Crippen LogP contribution is -2.40. The SMILES string of the molecule is COc1cc2c(cc1N=NC=C1C=C(C)N(C)C(=O)N1C)oc1ccccc12. The molecule has 0 unspecified atom stereocenters. The fourth-order valence-electron chi connectivity index (χ4n) is 3.15. The second-order valence-electron chi connectivity index (χ2n) is 6.57. The summed E-state index contributed by atoms with van der Waals surface area (Å²) in [6, 6.07) is 11.4. The van der Waals surface area contributed by atoms with Crippen LogP contribution in [0.1, 0.15) is 6.92 Å². The number of urea groups is 1. The van der Waals surface area contributed by atoms with Crippen molar-refractivity contribution in [1.29, 1.82) is 0 Å². The first-order chi connectivity index (χ1) is 13.5. The molecule has 3 aromatic rings. The van der Waals surface area contributed by atoms with E-state index in [1.54, 1.807) is 38.4 Å². The van der Waals surface area contributed by atoms with Gasteiger partial charge < -0.3 is 14.1 Å². The molecule has 7 heteroatoms. The Morgan fingerprint density at radius 1 is 1.07 bits per heavy atom. The van der Waals surface area contributed by atoms with Crippen molar-refractivity contribution in [3.63, 3.8) is 0 Å². The van der Waals surface area contributed by atoms with Gasteiger partial charge in [0, 0.05) is 36.6 Å². The zero-order valence-electron chi connectivity index (χ0n) is 16.1. The van der Waals surface area contributed by atoms with Crippen LogP contribution in [0.2, 0.25) is 0 Å². The number of hydrogen-bond donors (Lipinski definition) is 0. The molecule has 0 aliphatic carbocycles. The van der Waals surface area contributed by atoms with Gasteiger partial charge in [-0.2, -0.15) is 5.11 Å². The molecule has 0 saturated heterocycles. The Hall–Kier alpha value is -3.61. The number of nitrogens with zero attached hydrogens (tertiary/aromatic N) is 4. The van der Waals surface area contributed by atoms with Crippen LogP contribution in [0.15, 0.2) is 74.7 Å². The summed E-state index contributed by atoms with van der Waals surface area (Å²) in [6.07, 6.45) is 3.43. The van der Waals surface area contributed by atoms with Crippen LogP contribution < -0.4 is 4.74 Å². The number of fused-ring (bicyclic) bond motifs is 3. The molecule has 2 amide bonds. The number of hydrogen-bond acceptors (Lipinski definition) is 5. The minimum atomic E-state index is -0.122. The van der Waals surface area contributed by atoms with Gasteiger partial charge in [-0.25, -0.2) is 4.79 Å². The lowest BCUT2D eigenvalue weighted by atomic mass is 10.1. The van der Waals surface area contributed by atoms with E-state index in [0.29, 0.717) is 22.7 Å². The molecule has 0 bridgehead atoms. The fourth-order valence-corrected chi connectivity index (χ4v) is 3.15. The smallest absolute Gasteiger partial charge is 0.328 e. The van der Waals surface area contributed by atoms with E-state index in [0.717, 1.165) is 22.1 Å². The molecule has 4 rings (SSSR count). The van der Waals surface area contributed by atoms with Crippen molar-refractivity contribution in [3.05, 3.63) is 60.1 Å². The van der Waals surface area contributed by atoms with Gasteiger partial charge in [0.1, 0.15) is 22.6 Å². The van der Waals surface area contributed by atoms with Crippen LogP contribution >= 0.6 is 0 Å². The number of likely N-dealkylation sites (N-methyl/N-ethyl adjacent to an activating group) is 1. The molecule has 0 spiro atoms. The number of ether oxygens (including phenoxy) is 1. The van der Waals surface area contributed by atoms with E-state index in [-0.39, 0.29) is 6.03 Å². The van der Waals surface area contributed by atoms with Crippen molar-refractivity contribution in [1.82, 2.24) is 9.80 Å². The molecule has 1 aromatic heterocycles. The monoisotopic (exact) mass is 376 g/mol. The molecule has 1 aliphatic rings. The van der Waals surface area contributed by atoms with Crippen molar-refractivity contribution >= 4 is 33.7 Å². The summed E-state index contributed by atoms with van der Waals surface area (Å²) in [7, 11) is 5.02. The van der Waals surface area contributed by atoms with E-state index < -0.39 is 0 Å². The molecule has 28 heavy (non-hydrogen) atoms. The van der Waals surface area contributed by atoms with E-state index in [1.165, 1.54) is 4.90 Å². The Kier molecular flexibility index (Phi) is 4.35. The third-order valence-corrected chi connectivity index (χ3v) is 4.88. The summed E-state index contributed by atoms with van der Waals surface area (Å²) >= 11 is 0. The highest BCUT2D eigenvalue weighted by atomic mass is 16.5. The van der Waals surface area contributed by atoms with E-state index in [9.17, 15) is 4.79 Å². The van der Waals surface area contributed by atoms with Gasteiger partial charge in [0.15, 0.2) is 0 Å². The maximum atomic E-state index is 12.2. The van der Waals surface area contributed by atoms with Gasteiger partial charge in [-0.3, -0.25) is 4.90 Å². The molecule has 0 saturated carbocycles. The van der Waals surface area contributed by atoms with Gasteiger partial charge in [-0.05, 0) is 25.1 Å². The quantitative estimate of drug-likeness (QED) is 0.573. The summed E-state index contributed by atoms with van der Waals surface area (Å²) in [5.41, 5.74) is 3.57. The van der Waals surface area contributed by atoms with Crippen molar-refractivity contribution in [3.8, 4) is 5.75 Å². The Labute approximate surface area is 162 Å². The Bertz CT molecular complexity index is 1170. The largest absolute Gasteiger partial charge is 0.494 e. The van der Waals surface area contributed by atoms with Gasteiger partial charge >= 0.3 is 6.03 Å². The van der Waals surface area contributed by atoms with Gasteiger partial charge in [0.25, 0.3) is 0 Å². The van der Waals surface area contributed by atoms with Crippen molar-refractivity contribution in [2.24, 2.45) is 10.2 Å². The number of amides is 2. The third-order valence-electron chi connectivity index (χ3n) is 4.88. The molecular weight excluding hydrogens is 356 g/mol. The van der Waals surface area contributed by atoms with Gasteiger partial charge in [0.05, 0.1) is 19.0 Å². The van der Waals surface area contributed by atoms with Crippen LogP contribution in [0.4, 0.5) is 10.5 Å². The lowest BCUT2D eigenvalue weighted by Gasteiger charge is -2.30. The van der Waals surface area contributed by atoms with E-state index >= 15 is 0 Å². The molecule has 142 valence electrons. The van der Waals surface area contributed by atoms with Crippen LogP contribution in [-0.4, -0.2) is 37.0 Å². The number of benzene rings is 2. The zero-order valence-corrected chi connectivity index (χ0v) is 16.1. The molecular formula is C21H20N4O3. The maximum absolute atomic E-state index is 12.2. The molecule has 2 heterocycles. The highest BCUT2D eigenvalue weighted by Crippen LogP contribution is 2.37. The minimum Gasteiger partial charge on any atom is -0.494 e. The second kappa shape index (κ2) is 6.84. The third kappa shape index (κ3) is 2.90. The predicted molar refractivity (Wildman–Crippen MR) is 108 cm³/mol. The fraction of sp³-hybridized carbons (Fsp3) is 0.190. The Morgan fingerprint density at radius 2 is 1.86 bits per heavy atom. The van der Waals surface area contributed by atoms with Crippen LogP contribution in [0.3, 0.4) is 0 Å². The first-order valence-corrected chi connectivity index (χ1v) is 8.79. The zero-order chi connectivity index (χ0) is 19.8. The lowest BCUT2D eigenvalue weighted by molar-refractivity contribution is 0.191. The average Bonchev–Trinajstić information content (AvgIpc) is 3.06. The molecule has 1 aliphatic heterocycles. The predicted octanol–water partition coefficient (Wildman–Crippen LogP) is 5.42. The van der Waals surface area contributed by atoms with Crippen molar-refractivity contribution in [2.75, 3.05) is 21.2 Å². The molecule has 7 nitrogen and oxygen atoms in total. The number of allylic oxidation sites excluding steroid dienone is 2. The van der Waals surface area contributed by atoms with E-state index in [4.69, 9.17) is 9.15 Å². The highest BCUT2D eigenvalue weighted by molar-refractivity contribution is 6.06. The Morgan fingerprint density at radius 3 is 2.64 bits per heavy atom. The second-order valence-corrected chi connectivity index (χ2v) is 6.57. The summed E-state index contributed by atoms with van der Waals surface area (Å²) in [5, 5.41) is 10.4. The number of carbonyl (C=O) groups is 1. The van der Waals surface area contributed by atoms with Gasteiger partial charge in [-0.1, -0.05) is 18.2 Å². The number of methoxy groups -OCH3 is 1. The summed E-state index contributed by atoms with van der Waals surface area (Å²) in [4.78, 5) is 15.3. The number of para-hydroxylation sites is 1. The van der Waals surface area contributed by atoms with Crippen molar-refractivity contribution < 1.29 is 13.9 Å². The molecule has 2 aromatic carbocycles. The van der Waals surface area contributed by atoms with Crippen LogP contribution in [0.25, 0.3) is 21.9 Å². The van der Waals surface area contributed by atoms with Gasteiger partial charge in [0.2, 0.25) is 0 Å². The summed E-state index contributed by atoms with van der Waals surface area (Å²) < 4.78 is 11.4. The highest BCUT2D eigenvalue weighted by Gasteiger charge is 2.23. The van der Waals surface area contributed by atoms with E-state index in [2.05, 4.69) is 10.2 Å². The van der Waals surface area contributed by atoms with E-state index in [1.807, 2.05) is 43.3 Å². The topological polar surface area (TPSA) is 70.6 Å². The van der Waals surface area contributed by atoms with Crippen molar-refractivity contribution in [2.45, 2.75) is 6.92 Å². The number of carbonyl (C=O) groups excluding carboxylic acids is 1. The normalized spacial score (nSPS) is 16.6. The van der Waals surface area contributed by atoms with Crippen LogP contribution in [0.5, 0.6) is 5.75 Å². The molecule has 0 radical (unpaired) electrons.